The highest BCUT2D eigenvalue weighted by Crippen LogP contribution is 2.20. The fraction of sp³-hybridized carbons (Fsp3) is 0.154. The van der Waals surface area contributed by atoms with E-state index < -0.39 is 0 Å². The third-order valence-corrected chi connectivity index (χ3v) is 4.02. The Balaban J connectivity index is 2.30. The summed E-state index contributed by atoms with van der Waals surface area (Å²) < 4.78 is 3.61. The monoisotopic (exact) mass is 418 g/mol. The minimum absolute atomic E-state index is 0.122. The number of aromatic nitrogens is 1. The van der Waals surface area contributed by atoms with Crippen molar-refractivity contribution in [2.75, 3.05) is 5.43 Å². The summed E-state index contributed by atoms with van der Waals surface area (Å²) in [5, 5.41) is 0. The normalized spacial score (nSPS) is 10.4. The van der Waals surface area contributed by atoms with E-state index in [2.05, 4.69) is 43.9 Å². The highest BCUT2D eigenvalue weighted by molar-refractivity contribution is 14.1. The van der Waals surface area contributed by atoms with Crippen molar-refractivity contribution < 1.29 is 4.79 Å². The highest BCUT2D eigenvalue weighted by Gasteiger charge is 2.12. The van der Waals surface area contributed by atoms with Crippen LogP contribution in [-0.4, -0.2) is 10.6 Å². The average Bonchev–Trinajstić information content (AvgIpc) is 2.64. The predicted octanol–water partition coefficient (Wildman–Crippen LogP) is 3.86. The number of amides is 1. The summed E-state index contributed by atoms with van der Waals surface area (Å²) in [6.07, 6.45) is 0. The molecule has 1 aromatic heterocycles. The van der Waals surface area contributed by atoms with Crippen LogP contribution < -0.4 is 5.43 Å². The zero-order chi connectivity index (χ0) is 13.3. The first kappa shape index (κ1) is 13.6. The number of carbonyl (C=O) groups is 1. The molecule has 0 aliphatic carbocycles. The lowest BCUT2D eigenvalue weighted by atomic mass is 10.2. The Hall–Kier alpha value is -0.820. The first-order valence-corrected chi connectivity index (χ1v) is 7.27. The molecule has 0 bridgehead atoms. The van der Waals surface area contributed by atoms with E-state index in [9.17, 15) is 4.79 Å². The van der Waals surface area contributed by atoms with E-state index in [-0.39, 0.29) is 5.91 Å². The molecule has 0 saturated carbocycles. The van der Waals surface area contributed by atoms with Crippen molar-refractivity contribution >= 4 is 44.4 Å². The van der Waals surface area contributed by atoms with Gasteiger partial charge in [-0.1, -0.05) is 0 Å². The molecule has 18 heavy (non-hydrogen) atoms. The second-order valence-corrected chi connectivity index (χ2v) is 6.12. The molecular formula is C13H12BrIN2O. The van der Waals surface area contributed by atoms with Gasteiger partial charge in [0.1, 0.15) is 0 Å². The first-order chi connectivity index (χ1) is 8.49. The average molecular weight is 419 g/mol. The highest BCUT2D eigenvalue weighted by atomic mass is 127. The maximum Gasteiger partial charge on any atom is 0.271 e. The van der Waals surface area contributed by atoms with Gasteiger partial charge < -0.3 is 0 Å². The second kappa shape index (κ2) is 5.44. The van der Waals surface area contributed by atoms with E-state index >= 15 is 0 Å². The van der Waals surface area contributed by atoms with Crippen molar-refractivity contribution in [1.29, 1.82) is 0 Å². The fourth-order valence-electron chi connectivity index (χ4n) is 1.68. The summed E-state index contributed by atoms with van der Waals surface area (Å²) in [5.41, 5.74) is 5.53. The maximum absolute atomic E-state index is 12.2. The lowest BCUT2D eigenvalue weighted by Crippen LogP contribution is -2.25. The van der Waals surface area contributed by atoms with Crippen molar-refractivity contribution in [2.24, 2.45) is 0 Å². The van der Waals surface area contributed by atoms with Crippen molar-refractivity contribution in [2.45, 2.75) is 13.8 Å². The topological polar surface area (TPSA) is 34.0 Å². The molecule has 2 aromatic rings. The number of nitrogens with zero attached hydrogens (tertiary/aromatic N) is 1. The number of carbonyl (C=O) groups excluding carboxylic acids is 1. The molecule has 94 valence electrons. The van der Waals surface area contributed by atoms with Crippen LogP contribution in [0.5, 0.6) is 0 Å². The lowest BCUT2D eigenvalue weighted by Gasteiger charge is -2.12. The summed E-state index contributed by atoms with van der Waals surface area (Å²) in [6.45, 7) is 3.91. The number of benzene rings is 1. The molecule has 0 fully saturated rings. The third kappa shape index (κ3) is 2.77. The molecule has 1 N–H and O–H groups in total. The molecule has 1 amide bonds. The molecule has 5 heteroatoms. The zero-order valence-electron chi connectivity index (χ0n) is 10.00. The largest absolute Gasteiger partial charge is 0.271 e. The Morgan fingerprint density at radius 3 is 2.44 bits per heavy atom. The molecule has 1 heterocycles. The molecule has 1 aromatic carbocycles. The second-order valence-electron chi connectivity index (χ2n) is 4.02. The van der Waals surface area contributed by atoms with E-state index in [1.165, 1.54) is 0 Å². The van der Waals surface area contributed by atoms with Crippen LogP contribution >= 0.6 is 38.5 Å². The molecule has 0 atom stereocenters. The van der Waals surface area contributed by atoms with Crippen molar-refractivity contribution in [3.05, 3.63) is 55.3 Å². The molecule has 0 saturated heterocycles. The van der Waals surface area contributed by atoms with Crippen LogP contribution in [0.1, 0.15) is 21.7 Å². The van der Waals surface area contributed by atoms with E-state index in [4.69, 9.17) is 0 Å². The molecule has 0 aliphatic heterocycles. The van der Waals surface area contributed by atoms with E-state index in [1.54, 1.807) is 4.68 Å². The van der Waals surface area contributed by atoms with Crippen molar-refractivity contribution in [1.82, 2.24) is 4.68 Å². The maximum atomic E-state index is 12.2. The molecule has 0 unspecified atom stereocenters. The lowest BCUT2D eigenvalue weighted by molar-refractivity contribution is 0.101. The number of rotatable bonds is 2. The molecule has 0 spiro atoms. The smallest absolute Gasteiger partial charge is 0.267 e. The van der Waals surface area contributed by atoms with Crippen LogP contribution in [-0.2, 0) is 0 Å². The van der Waals surface area contributed by atoms with Crippen LogP contribution in [0.3, 0.4) is 0 Å². The zero-order valence-corrected chi connectivity index (χ0v) is 13.7. The van der Waals surface area contributed by atoms with Gasteiger partial charge >= 0.3 is 0 Å². The summed E-state index contributed by atoms with van der Waals surface area (Å²) >= 11 is 5.59. The van der Waals surface area contributed by atoms with E-state index in [1.807, 2.05) is 44.2 Å². The van der Waals surface area contributed by atoms with Gasteiger partial charge in [0.05, 0.1) is 5.56 Å². The van der Waals surface area contributed by atoms with Gasteiger partial charge in [0.15, 0.2) is 0 Å². The van der Waals surface area contributed by atoms with Crippen LogP contribution in [0.15, 0.2) is 34.8 Å². The number of nitrogens with one attached hydrogen (secondary N) is 1. The SMILES string of the molecule is Cc1ccc(C)n1NC(=O)c1cc(I)ccc1Br. The number of hydrogen-bond acceptors (Lipinski definition) is 1. The Kier molecular flexibility index (Phi) is 4.11. The number of halogens is 2. The van der Waals surface area contributed by atoms with E-state index in [0.29, 0.717) is 5.56 Å². The summed E-state index contributed by atoms with van der Waals surface area (Å²) in [5.74, 6) is -0.122. The summed E-state index contributed by atoms with van der Waals surface area (Å²) in [6, 6.07) is 9.63. The fourth-order valence-corrected chi connectivity index (χ4v) is 2.60. The first-order valence-electron chi connectivity index (χ1n) is 5.40. The van der Waals surface area contributed by atoms with Gasteiger partial charge in [-0.25, -0.2) is 0 Å². The molecule has 0 radical (unpaired) electrons. The molecule has 2 rings (SSSR count). The molecular weight excluding hydrogens is 407 g/mol. The van der Waals surface area contributed by atoms with Gasteiger partial charge in [-0.05, 0) is 82.7 Å². The Labute approximate surface area is 128 Å². The predicted molar refractivity (Wildman–Crippen MR) is 84.5 cm³/mol. The van der Waals surface area contributed by atoms with Crippen LogP contribution in [0, 0.1) is 17.4 Å². The standard InChI is InChI=1S/C13H12BrIN2O/c1-8-3-4-9(2)17(8)16-13(18)11-7-10(15)5-6-12(11)14/h3-7H,1-2H3,(H,16,18). The molecule has 3 nitrogen and oxygen atoms in total. The summed E-state index contributed by atoms with van der Waals surface area (Å²) in [7, 11) is 0. The van der Waals surface area contributed by atoms with Gasteiger partial charge in [-0.3, -0.25) is 14.9 Å². The molecule has 0 aliphatic rings. The van der Waals surface area contributed by atoms with Crippen molar-refractivity contribution in [3.63, 3.8) is 0 Å². The third-order valence-electron chi connectivity index (χ3n) is 2.66. The van der Waals surface area contributed by atoms with Crippen molar-refractivity contribution in [3.8, 4) is 0 Å². The Bertz CT molecular complexity index is 588. The Morgan fingerprint density at radius 1 is 1.22 bits per heavy atom. The van der Waals surface area contributed by atoms with Crippen LogP contribution in [0.4, 0.5) is 0 Å². The van der Waals surface area contributed by atoms with Gasteiger partial charge in [0, 0.05) is 19.4 Å². The van der Waals surface area contributed by atoms with Gasteiger partial charge in [-0.15, -0.1) is 0 Å². The quantitative estimate of drug-likeness (QED) is 0.738. The number of hydrogen-bond donors (Lipinski definition) is 1. The van der Waals surface area contributed by atoms with Crippen LogP contribution in [0.25, 0.3) is 0 Å². The van der Waals surface area contributed by atoms with Crippen LogP contribution in [0.2, 0.25) is 0 Å². The van der Waals surface area contributed by atoms with Gasteiger partial charge in [0.25, 0.3) is 5.91 Å². The van der Waals surface area contributed by atoms with E-state index in [0.717, 1.165) is 19.4 Å². The van der Waals surface area contributed by atoms with Gasteiger partial charge in [-0.2, -0.15) is 0 Å². The van der Waals surface area contributed by atoms with Gasteiger partial charge in [0.2, 0.25) is 0 Å². The minimum Gasteiger partial charge on any atom is -0.267 e. The summed E-state index contributed by atoms with van der Waals surface area (Å²) in [4.78, 5) is 12.2. The minimum atomic E-state index is -0.122. The number of aryl methyl sites for hydroxylation is 2. The Morgan fingerprint density at radius 2 is 1.83 bits per heavy atom.